The van der Waals surface area contributed by atoms with Crippen LogP contribution in [0.15, 0.2) is 42.0 Å². The van der Waals surface area contributed by atoms with Gasteiger partial charge in [-0.15, -0.1) is 0 Å². The summed E-state index contributed by atoms with van der Waals surface area (Å²) < 4.78 is 5.70. The van der Waals surface area contributed by atoms with Crippen LogP contribution in [-0.4, -0.2) is 37.4 Å². The smallest absolute Gasteiger partial charge is 0.202 e. The Morgan fingerprint density at radius 2 is 1.81 bits per heavy atom. The van der Waals surface area contributed by atoms with Crippen molar-refractivity contribution < 1.29 is 35.1 Å². The molecule has 0 amide bonds. The predicted octanol–water partition coefficient (Wildman–Crippen LogP) is 4.58. The van der Waals surface area contributed by atoms with Gasteiger partial charge < -0.3 is 30.3 Å². The first-order valence-electron chi connectivity index (χ1n) is 10.4. The maximum atomic E-state index is 12.9. The van der Waals surface area contributed by atoms with E-state index < -0.39 is 29.5 Å². The standard InChI is InChI=1S/C25H28O7/c1-13(2)5-4-6-14(3)7-9-16-18(27)12-20-21(22(16)29)23(30)24(31)25(32-20)15-8-10-17(26)19(28)11-15/h5,7-12,14,24-29,31H,4,6H2,1-3H3. The Morgan fingerprint density at radius 1 is 1.09 bits per heavy atom. The average Bonchev–Trinajstić information content (AvgIpc) is 2.72. The van der Waals surface area contributed by atoms with Gasteiger partial charge in [0.05, 0.1) is 5.56 Å². The van der Waals surface area contributed by atoms with E-state index >= 15 is 0 Å². The Labute approximate surface area is 186 Å². The zero-order chi connectivity index (χ0) is 23.6. The third-order valence-electron chi connectivity index (χ3n) is 5.43. The van der Waals surface area contributed by atoms with Crippen LogP contribution in [0.25, 0.3) is 6.08 Å². The number of phenols is 4. The molecule has 3 atom stereocenters. The SMILES string of the molecule is CC(C)=CCCC(C)C=Cc1c(O)cc2c(c1O)C(=O)C(O)C(c1ccc(O)c(O)c1)O2. The van der Waals surface area contributed by atoms with Gasteiger partial charge >= 0.3 is 0 Å². The van der Waals surface area contributed by atoms with Crippen LogP contribution < -0.4 is 4.74 Å². The second kappa shape index (κ2) is 9.36. The Kier molecular flexibility index (Phi) is 6.79. The lowest BCUT2D eigenvalue weighted by atomic mass is 9.91. The number of hydrogen-bond acceptors (Lipinski definition) is 7. The molecule has 1 heterocycles. The van der Waals surface area contributed by atoms with Crippen molar-refractivity contribution in [1.82, 2.24) is 0 Å². The van der Waals surface area contributed by atoms with Gasteiger partial charge in [-0.25, -0.2) is 0 Å². The van der Waals surface area contributed by atoms with Gasteiger partial charge in [0, 0.05) is 6.07 Å². The van der Waals surface area contributed by atoms with Crippen molar-refractivity contribution in [3.8, 4) is 28.7 Å². The van der Waals surface area contributed by atoms with Crippen LogP contribution in [0.4, 0.5) is 0 Å². The Bertz CT molecular complexity index is 1080. The largest absolute Gasteiger partial charge is 0.507 e. The summed E-state index contributed by atoms with van der Waals surface area (Å²) in [5.74, 6) is -2.21. The molecular weight excluding hydrogens is 412 g/mol. The molecule has 2 aromatic carbocycles. The van der Waals surface area contributed by atoms with Gasteiger partial charge in [-0.1, -0.05) is 36.8 Å². The topological polar surface area (TPSA) is 127 Å². The highest BCUT2D eigenvalue weighted by molar-refractivity contribution is 6.06. The number of aliphatic hydroxyl groups is 1. The number of phenolic OH excluding ortho intramolecular Hbond substituents is 4. The van der Waals surface area contributed by atoms with Crippen molar-refractivity contribution in [2.45, 2.75) is 45.8 Å². The average molecular weight is 440 g/mol. The maximum Gasteiger partial charge on any atom is 0.202 e. The summed E-state index contributed by atoms with van der Waals surface area (Å²) in [5, 5.41) is 50.9. The van der Waals surface area contributed by atoms with Crippen LogP contribution in [0.1, 0.15) is 61.2 Å². The zero-order valence-corrected chi connectivity index (χ0v) is 18.2. The summed E-state index contributed by atoms with van der Waals surface area (Å²) in [6.45, 7) is 6.08. The minimum atomic E-state index is -1.65. The summed E-state index contributed by atoms with van der Waals surface area (Å²) in [4.78, 5) is 12.9. The van der Waals surface area contributed by atoms with Crippen LogP contribution in [0, 0.1) is 5.92 Å². The number of Topliss-reactive ketones (excluding diaryl/α,β-unsaturated/α-hetero) is 1. The van der Waals surface area contributed by atoms with Crippen LogP contribution in [-0.2, 0) is 0 Å². The Morgan fingerprint density at radius 3 is 2.47 bits per heavy atom. The third kappa shape index (κ3) is 4.73. The molecule has 0 saturated carbocycles. The first-order chi connectivity index (χ1) is 15.1. The summed E-state index contributed by atoms with van der Waals surface area (Å²) in [7, 11) is 0. The van der Waals surface area contributed by atoms with Crippen LogP contribution in [0.3, 0.4) is 0 Å². The van der Waals surface area contributed by atoms with Gasteiger partial charge in [0.2, 0.25) is 5.78 Å². The van der Waals surface area contributed by atoms with Gasteiger partial charge in [-0.05, 0) is 50.3 Å². The molecule has 0 spiro atoms. The molecule has 32 heavy (non-hydrogen) atoms. The highest BCUT2D eigenvalue weighted by Crippen LogP contribution is 2.45. The molecule has 7 heteroatoms. The van der Waals surface area contributed by atoms with E-state index in [1.807, 2.05) is 26.8 Å². The van der Waals surface area contributed by atoms with E-state index in [0.717, 1.165) is 12.8 Å². The molecule has 7 nitrogen and oxygen atoms in total. The number of fused-ring (bicyclic) bond motifs is 1. The molecule has 1 aliphatic heterocycles. The lowest BCUT2D eigenvalue weighted by molar-refractivity contribution is 0.0210. The summed E-state index contributed by atoms with van der Waals surface area (Å²) in [6, 6.07) is 5.01. The van der Waals surface area contributed by atoms with Gasteiger partial charge in [0.25, 0.3) is 0 Å². The van der Waals surface area contributed by atoms with Gasteiger partial charge in [0.15, 0.2) is 23.7 Å². The van der Waals surface area contributed by atoms with E-state index in [9.17, 15) is 30.3 Å². The number of allylic oxidation sites excluding steroid dienone is 3. The van der Waals surface area contributed by atoms with E-state index in [1.165, 1.54) is 29.8 Å². The van der Waals surface area contributed by atoms with Crippen LogP contribution in [0.2, 0.25) is 0 Å². The molecule has 2 aromatic rings. The molecule has 3 unspecified atom stereocenters. The van der Waals surface area contributed by atoms with Crippen molar-refractivity contribution in [2.75, 3.05) is 0 Å². The second-order valence-corrected chi connectivity index (χ2v) is 8.32. The molecule has 0 aliphatic carbocycles. The monoisotopic (exact) mass is 440 g/mol. The normalized spacial score (nSPS) is 18.8. The lowest BCUT2D eigenvalue weighted by Crippen LogP contribution is -2.36. The fourth-order valence-electron chi connectivity index (χ4n) is 3.59. The van der Waals surface area contributed by atoms with E-state index in [-0.39, 0.29) is 39.9 Å². The van der Waals surface area contributed by atoms with E-state index in [4.69, 9.17) is 4.74 Å². The fraction of sp³-hybridized carbons (Fsp3) is 0.320. The second-order valence-electron chi connectivity index (χ2n) is 8.32. The Balaban J connectivity index is 1.90. The molecule has 0 saturated heterocycles. The van der Waals surface area contributed by atoms with Crippen molar-refractivity contribution in [3.63, 3.8) is 0 Å². The first kappa shape index (κ1) is 23.2. The van der Waals surface area contributed by atoms with E-state index in [2.05, 4.69) is 6.08 Å². The van der Waals surface area contributed by atoms with Gasteiger partial charge in [0.1, 0.15) is 22.8 Å². The summed E-state index contributed by atoms with van der Waals surface area (Å²) in [5.41, 5.74) is 1.35. The molecule has 170 valence electrons. The summed E-state index contributed by atoms with van der Waals surface area (Å²) >= 11 is 0. The number of rotatable bonds is 6. The quantitative estimate of drug-likeness (QED) is 0.328. The molecule has 0 aromatic heterocycles. The lowest BCUT2D eigenvalue weighted by Gasteiger charge is -2.30. The summed E-state index contributed by atoms with van der Waals surface area (Å²) in [6.07, 6.45) is 4.49. The van der Waals surface area contributed by atoms with Crippen molar-refractivity contribution in [2.24, 2.45) is 5.92 Å². The van der Waals surface area contributed by atoms with Crippen LogP contribution >= 0.6 is 0 Å². The fourth-order valence-corrected chi connectivity index (χ4v) is 3.59. The first-order valence-corrected chi connectivity index (χ1v) is 10.4. The molecule has 0 fully saturated rings. The number of carbonyl (C=O) groups excluding carboxylic acids is 1. The van der Waals surface area contributed by atoms with Crippen molar-refractivity contribution in [3.05, 3.63) is 58.7 Å². The number of benzene rings is 2. The minimum Gasteiger partial charge on any atom is -0.507 e. The van der Waals surface area contributed by atoms with Gasteiger partial charge in [-0.3, -0.25) is 4.79 Å². The highest BCUT2D eigenvalue weighted by atomic mass is 16.5. The van der Waals surface area contributed by atoms with Gasteiger partial charge in [-0.2, -0.15) is 0 Å². The number of ketones is 1. The minimum absolute atomic E-state index is 0.0719. The molecule has 1 aliphatic rings. The molecule has 0 radical (unpaired) electrons. The zero-order valence-electron chi connectivity index (χ0n) is 18.2. The van der Waals surface area contributed by atoms with Crippen molar-refractivity contribution in [1.29, 1.82) is 0 Å². The molecule has 3 rings (SSSR count). The molecule has 5 N–H and O–H groups in total. The molecular formula is C25H28O7. The molecule has 0 bridgehead atoms. The number of ether oxygens (including phenoxy) is 1. The van der Waals surface area contributed by atoms with E-state index in [0.29, 0.717) is 0 Å². The number of carbonyl (C=O) groups is 1. The number of hydrogen-bond donors (Lipinski definition) is 5. The Hall–Kier alpha value is -3.45. The predicted molar refractivity (Wildman–Crippen MR) is 120 cm³/mol. The van der Waals surface area contributed by atoms with Crippen LogP contribution in [0.5, 0.6) is 28.7 Å². The highest BCUT2D eigenvalue weighted by Gasteiger charge is 2.40. The van der Waals surface area contributed by atoms with E-state index in [1.54, 1.807) is 6.08 Å². The number of aliphatic hydroxyl groups excluding tert-OH is 1. The van der Waals surface area contributed by atoms with Crippen molar-refractivity contribution >= 4 is 11.9 Å². The maximum absolute atomic E-state index is 12.9. The number of aromatic hydroxyl groups is 4. The third-order valence-corrected chi connectivity index (χ3v) is 5.43.